The summed E-state index contributed by atoms with van der Waals surface area (Å²) in [6.45, 7) is 13.5. The van der Waals surface area contributed by atoms with Gasteiger partial charge in [-0.1, -0.05) is 69.2 Å². The minimum Gasteiger partial charge on any atom is 0 e. The molecule has 2 rings (SSSR count). The minimum atomic E-state index is -0.874. The molecule has 0 fully saturated rings. The number of allylic oxidation sites excluding steroid dienone is 6. The van der Waals surface area contributed by atoms with E-state index in [4.69, 9.17) is 23.5 Å². The second kappa shape index (κ2) is 26.9. The first-order valence-electron chi connectivity index (χ1n) is 11.3. The zero-order valence-corrected chi connectivity index (χ0v) is 22.0. The Morgan fingerprint density at radius 1 is 0.778 bits per heavy atom. The molecular formula is C27H31O8Tc-. The SMILES string of the molecule is O=C(O)CCc1ccc(C(=O)CCCCCCCCCCC([O-])=C2C=CC=C2)o1.[C-]#[O+].[C-]#[O+].[C-]#[O+].[Tc]. The van der Waals surface area contributed by atoms with Crippen molar-refractivity contribution in [3.05, 3.63) is 79.2 Å². The molecular weight excluding hydrogens is 550 g/mol. The minimum absolute atomic E-state index is 0. The summed E-state index contributed by atoms with van der Waals surface area (Å²) in [5.41, 5.74) is 0.825. The maximum absolute atomic E-state index is 12.1. The smallest absolute Gasteiger partial charge is 0 e. The molecule has 1 aromatic heterocycles. The van der Waals surface area contributed by atoms with Crippen molar-refractivity contribution in [2.24, 2.45) is 0 Å². The normalized spacial score (nSPS) is 10.3. The van der Waals surface area contributed by atoms with Crippen molar-refractivity contribution < 1.29 is 58.3 Å². The van der Waals surface area contributed by atoms with Crippen molar-refractivity contribution in [2.75, 3.05) is 0 Å². The molecule has 8 nitrogen and oxygen atoms in total. The molecule has 0 spiro atoms. The van der Waals surface area contributed by atoms with Crippen LogP contribution in [0.2, 0.25) is 0 Å². The summed E-state index contributed by atoms with van der Waals surface area (Å²) in [4.78, 5) is 22.7. The van der Waals surface area contributed by atoms with Crippen LogP contribution >= 0.6 is 0 Å². The fraction of sp³-hybridized carbons (Fsp3) is 0.444. The van der Waals surface area contributed by atoms with Crippen LogP contribution < -0.4 is 5.11 Å². The molecule has 1 heterocycles. The molecule has 0 aliphatic heterocycles. The first-order valence-corrected chi connectivity index (χ1v) is 11.3. The van der Waals surface area contributed by atoms with Crippen molar-refractivity contribution in [2.45, 2.75) is 77.0 Å². The van der Waals surface area contributed by atoms with E-state index in [2.05, 4.69) is 20.0 Å². The number of furan rings is 1. The Morgan fingerprint density at radius 3 is 1.75 bits per heavy atom. The van der Waals surface area contributed by atoms with Crippen LogP contribution in [0.5, 0.6) is 0 Å². The van der Waals surface area contributed by atoms with Crippen LogP contribution in [0.3, 0.4) is 0 Å². The van der Waals surface area contributed by atoms with E-state index in [1.807, 2.05) is 24.3 Å². The Morgan fingerprint density at radius 2 is 1.25 bits per heavy atom. The molecule has 1 aliphatic carbocycles. The summed E-state index contributed by atoms with van der Waals surface area (Å²) >= 11 is 0. The number of rotatable bonds is 15. The van der Waals surface area contributed by atoms with Gasteiger partial charge in [-0.15, -0.1) is 5.76 Å². The topological polar surface area (TPSA) is 150 Å². The van der Waals surface area contributed by atoms with Gasteiger partial charge in [0.25, 0.3) is 0 Å². The van der Waals surface area contributed by atoms with Gasteiger partial charge in [0.15, 0.2) is 11.5 Å². The van der Waals surface area contributed by atoms with Crippen LogP contribution in [0.4, 0.5) is 0 Å². The molecule has 0 unspecified atom stereocenters. The van der Waals surface area contributed by atoms with Gasteiger partial charge in [-0.2, -0.15) is 0 Å². The summed E-state index contributed by atoms with van der Waals surface area (Å²) in [6, 6.07) is 3.33. The number of carboxylic acid groups (broad SMARTS) is 1. The van der Waals surface area contributed by atoms with Gasteiger partial charge in [0.2, 0.25) is 0 Å². The van der Waals surface area contributed by atoms with Crippen LogP contribution in [0, 0.1) is 20.0 Å². The molecule has 0 amide bonds. The number of aryl methyl sites for hydroxylation is 1. The van der Waals surface area contributed by atoms with Gasteiger partial charge in [0, 0.05) is 32.9 Å². The second-order valence-corrected chi connectivity index (χ2v) is 7.51. The Bertz CT molecular complexity index is 859. The van der Waals surface area contributed by atoms with E-state index in [1.165, 1.54) is 6.42 Å². The third-order valence-electron chi connectivity index (χ3n) is 5.06. The first kappa shape index (κ1) is 37.9. The van der Waals surface area contributed by atoms with E-state index in [-0.39, 0.29) is 38.1 Å². The number of carboxylic acids is 1. The number of aliphatic carboxylic acids is 1. The van der Waals surface area contributed by atoms with Gasteiger partial charge in [-0.25, -0.2) is 0 Å². The van der Waals surface area contributed by atoms with Crippen LogP contribution in [-0.4, -0.2) is 16.9 Å². The van der Waals surface area contributed by atoms with Crippen LogP contribution in [-0.2, 0) is 45.3 Å². The Hall–Kier alpha value is -2.69. The maximum atomic E-state index is 12.1. The number of hydrogen-bond acceptors (Lipinski definition) is 4. The number of carbonyl (C=O) groups excluding carboxylic acids is 1. The summed E-state index contributed by atoms with van der Waals surface area (Å²) < 4.78 is 27.9. The molecule has 36 heavy (non-hydrogen) atoms. The van der Waals surface area contributed by atoms with E-state index in [1.54, 1.807) is 12.1 Å². The van der Waals surface area contributed by atoms with E-state index >= 15 is 0 Å². The summed E-state index contributed by atoms with van der Waals surface area (Å²) in [5.74, 6) is 0.237. The fourth-order valence-electron chi connectivity index (χ4n) is 3.35. The largest absolute Gasteiger partial charge is 0 e. The summed E-state index contributed by atoms with van der Waals surface area (Å²) in [7, 11) is 0. The molecule has 0 saturated carbocycles. The molecule has 1 aliphatic rings. The fourth-order valence-corrected chi connectivity index (χ4v) is 3.35. The molecule has 0 bridgehead atoms. The quantitative estimate of drug-likeness (QED) is 0.102. The summed E-state index contributed by atoms with van der Waals surface area (Å²) in [6.07, 6.45) is 17.5. The van der Waals surface area contributed by atoms with Crippen LogP contribution in [0.1, 0.15) is 86.9 Å². The van der Waals surface area contributed by atoms with Gasteiger partial charge in [0.05, 0.1) is 6.42 Å². The third-order valence-corrected chi connectivity index (χ3v) is 5.06. The van der Waals surface area contributed by atoms with Crippen molar-refractivity contribution in [1.82, 2.24) is 0 Å². The van der Waals surface area contributed by atoms with E-state index in [0.29, 0.717) is 30.8 Å². The van der Waals surface area contributed by atoms with Gasteiger partial charge in [-0.3, -0.25) is 9.59 Å². The molecule has 0 atom stereocenters. The van der Waals surface area contributed by atoms with E-state index in [0.717, 1.165) is 50.5 Å². The molecule has 1 N–H and O–H groups in total. The Kier molecular flexibility index (Phi) is 28.3. The van der Waals surface area contributed by atoms with Crippen LogP contribution in [0.15, 0.2) is 52.2 Å². The number of Topliss-reactive ketones (excluding diaryl/α,β-unsaturated/α-hetero) is 1. The average Bonchev–Trinajstić information content (AvgIpc) is 3.60. The monoisotopic (exact) mass is 580 g/mol. The molecule has 0 saturated heterocycles. The van der Waals surface area contributed by atoms with Gasteiger partial charge in [-0.05, 0) is 30.5 Å². The van der Waals surface area contributed by atoms with Gasteiger partial charge >= 0.3 is 39.9 Å². The van der Waals surface area contributed by atoms with Gasteiger partial charge < -0.3 is 14.6 Å². The predicted octanol–water partition coefficient (Wildman–Crippen LogP) is 5.01. The zero-order valence-electron chi connectivity index (χ0n) is 20.1. The number of ketones is 1. The van der Waals surface area contributed by atoms with Crippen molar-refractivity contribution in [3.8, 4) is 0 Å². The molecule has 0 aromatic carbocycles. The average molecular weight is 582 g/mol. The van der Waals surface area contributed by atoms with E-state index < -0.39 is 5.97 Å². The predicted molar refractivity (Wildman–Crippen MR) is 122 cm³/mol. The molecule has 1 radical (unpaired) electrons. The van der Waals surface area contributed by atoms with Gasteiger partial charge in [0.1, 0.15) is 5.76 Å². The summed E-state index contributed by atoms with van der Waals surface area (Å²) in [5, 5.41) is 20.5. The molecule has 9 heteroatoms. The standard InChI is InChI=1S/C24H32O5.3CO.Tc/c25-21(19-11-9-10-12-19)13-7-5-3-1-2-4-6-8-14-22(26)23-17-15-20(29-23)16-18-24(27)28;3*1-2;/h9-12,15,17,25H,1-8,13-14,16,18H2,(H,27,28);;;;/p-1. The van der Waals surface area contributed by atoms with E-state index in [9.17, 15) is 14.7 Å². The number of unbranched alkanes of at least 4 members (excludes halogenated alkanes) is 7. The zero-order chi connectivity index (χ0) is 26.9. The molecule has 195 valence electrons. The second-order valence-electron chi connectivity index (χ2n) is 7.51. The third kappa shape index (κ3) is 18.6. The molecule has 1 aromatic rings. The van der Waals surface area contributed by atoms with Crippen LogP contribution in [0.25, 0.3) is 0 Å². The Balaban J connectivity index is -0.00000144. The number of carbonyl (C=O) groups is 2. The number of hydrogen-bond donors (Lipinski definition) is 1. The van der Waals surface area contributed by atoms with Crippen molar-refractivity contribution >= 4 is 11.8 Å². The van der Waals surface area contributed by atoms with Crippen molar-refractivity contribution in [3.63, 3.8) is 0 Å². The maximum Gasteiger partial charge on any atom is 0 e. The van der Waals surface area contributed by atoms with Crippen molar-refractivity contribution in [1.29, 1.82) is 0 Å². The first-order chi connectivity index (χ1) is 17.1. The Labute approximate surface area is 226 Å².